The third kappa shape index (κ3) is 2.67. The molecule has 10 heteroatoms. The number of nitrogens with two attached hydrogens (primary N) is 1. The van der Waals surface area contributed by atoms with Crippen molar-refractivity contribution in [2.24, 2.45) is 0 Å². The Morgan fingerprint density at radius 2 is 1.84 bits per heavy atom. The summed E-state index contributed by atoms with van der Waals surface area (Å²) in [5.41, 5.74) is 7.02. The molecule has 160 valence electrons. The molecule has 1 spiro atoms. The van der Waals surface area contributed by atoms with Crippen molar-refractivity contribution in [3.63, 3.8) is 0 Å². The van der Waals surface area contributed by atoms with Crippen molar-refractivity contribution in [2.75, 3.05) is 30.6 Å². The number of alkyl halides is 3. The average Bonchev–Trinajstić information content (AvgIpc) is 3.48. The van der Waals surface area contributed by atoms with Gasteiger partial charge in [-0.05, 0) is 17.7 Å². The lowest BCUT2D eigenvalue weighted by Gasteiger charge is -2.25. The van der Waals surface area contributed by atoms with E-state index in [-0.39, 0.29) is 23.3 Å². The molecule has 6 rings (SSSR count). The van der Waals surface area contributed by atoms with Crippen LogP contribution in [0.25, 0.3) is 0 Å². The second-order valence-corrected chi connectivity index (χ2v) is 8.88. The SMILES string of the molecule is Nc1nc(C(F)(F)F)c(CN2CC3(COc4cc5c(cc43)OCO5)c3ccccc32)s1. The quantitative estimate of drug-likeness (QED) is 0.636. The Kier molecular flexibility index (Phi) is 3.72. The van der Waals surface area contributed by atoms with Crippen LogP contribution in [0.1, 0.15) is 21.7 Å². The predicted octanol–water partition coefficient (Wildman–Crippen LogP) is 4.17. The summed E-state index contributed by atoms with van der Waals surface area (Å²) in [7, 11) is 0. The Hall–Kier alpha value is -3.14. The molecular weight excluding hydrogens is 431 g/mol. The number of para-hydroxylation sites is 1. The molecule has 0 saturated heterocycles. The highest BCUT2D eigenvalue weighted by atomic mass is 32.1. The summed E-state index contributed by atoms with van der Waals surface area (Å²) in [5, 5.41) is -0.0909. The number of fused-ring (bicyclic) bond motifs is 5. The highest BCUT2D eigenvalue weighted by Crippen LogP contribution is 2.54. The molecular formula is C21H16F3N3O3S. The lowest BCUT2D eigenvalue weighted by molar-refractivity contribution is -0.141. The molecule has 3 aliphatic heterocycles. The molecule has 0 fully saturated rings. The van der Waals surface area contributed by atoms with Gasteiger partial charge in [0.05, 0.1) is 16.8 Å². The summed E-state index contributed by atoms with van der Waals surface area (Å²) in [4.78, 5) is 5.58. The highest BCUT2D eigenvalue weighted by Gasteiger charge is 2.51. The predicted molar refractivity (Wildman–Crippen MR) is 108 cm³/mol. The van der Waals surface area contributed by atoms with Crippen molar-refractivity contribution in [3.8, 4) is 17.2 Å². The van der Waals surface area contributed by atoms with Crippen molar-refractivity contribution in [3.05, 3.63) is 58.1 Å². The van der Waals surface area contributed by atoms with E-state index in [4.69, 9.17) is 19.9 Å². The van der Waals surface area contributed by atoms with Gasteiger partial charge >= 0.3 is 6.18 Å². The minimum absolute atomic E-state index is 0.0579. The van der Waals surface area contributed by atoms with Crippen molar-refractivity contribution in [2.45, 2.75) is 18.1 Å². The number of halogens is 3. The van der Waals surface area contributed by atoms with Crippen LogP contribution in [0.4, 0.5) is 24.0 Å². The van der Waals surface area contributed by atoms with E-state index in [0.29, 0.717) is 30.4 Å². The van der Waals surface area contributed by atoms with Gasteiger partial charge in [0.25, 0.3) is 0 Å². The van der Waals surface area contributed by atoms with Crippen LogP contribution in [0, 0.1) is 0 Å². The summed E-state index contributed by atoms with van der Waals surface area (Å²) in [6.45, 7) is 1.06. The van der Waals surface area contributed by atoms with Crippen LogP contribution in [0.2, 0.25) is 0 Å². The van der Waals surface area contributed by atoms with Gasteiger partial charge in [0.15, 0.2) is 22.3 Å². The number of nitrogens with zero attached hydrogens (tertiary/aromatic N) is 2. The zero-order valence-corrected chi connectivity index (χ0v) is 16.8. The number of nitrogen functional groups attached to an aromatic ring is 1. The smallest absolute Gasteiger partial charge is 0.434 e. The Bertz CT molecular complexity index is 1210. The van der Waals surface area contributed by atoms with Crippen LogP contribution in [0.3, 0.4) is 0 Å². The normalized spacial score (nSPS) is 20.8. The molecule has 1 unspecified atom stereocenters. The summed E-state index contributed by atoms with van der Waals surface area (Å²) < 4.78 is 57.5. The Morgan fingerprint density at radius 3 is 2.65 bits per heavy atom. The van der Waals surface area contributed by atoms with Crippen LogP contribution >= 0.6 is 11.3 Å². The van der Waals surface area contributed by atoms with E-state index in [2.05, 4.69) is 4.98 Å². The maximum absolute atomic E-state index is 13.5. The van der Waals surface area contributed by atoms with Crippen molar-refractivity contribution in [1.29, 1.82) is 0 Å². The lowest BCUT2D eigenvalue weighted by atomic mass is 9.77. The molecule has 6 nitrogen and oxygen atoms in total. The summed E-state index contributed by atoms with van der Waals surface area (Å²) >= 11 is 0.873. The third-order valence-electron chi connectivity index (χ3n) is 6.00. The minimum atomic E-state index is -4.55. The minimum Gasteiger partial charge on any atom is -0.492 e. The number of benzene rings is 2. The van der Waals surface area contributed by atoms with Crippen molar-refractivity contribution < 1.29 is 27.4 Å². The molecule has 0 saturated carbocycles. The number of hydrogen-bond donors (Lipinski definition) is 1. The van der Waals surface area contributed by atoms with Gasteiger partial charge in [-0.2, -0.15) is 13.2 Å². The summed E-state index contributed by atoms with van der Waals surface area (Å²) in [5.74, 6) is 1.99. The Morgan fingerprint density at radius 1 is 1.06 bits per heavy atom. The fourth-order valence-electron chi connectivity index (χ4n) is 4.71. The van der Waals surface area contributed by atoms with E-state index in [9.17, 15) is 13.2 Å². The van der Waals surface area contributed by atoms with E-state index in [1.807, 2.05) is 41.3 Å². The number of anilines is 2. The number of ether oxygens (including phenoxy) is 3. The zero-order valence-electron chi connectivity index (χ0n) is 16.0. The molecule has 2 aromatic carbocycles. The molecule has 2 N–H and O–H groups in total. The maximum Gasteiger partial charge on any atom is 0.434 e. The molecule has 3 aliphatic rings. The van der Waals surface area contributed by atoms with E-state index in [1.54, 1.807) is 0 Å². The fraction of sp³-hybridized carbons (Fsp3) is 0.286. The van der Waals surface area contributed by atoms with Crippen LogP contribution in [-0.2, 0) is 18.1 Å². The first kappa shape index (κ1) is 18.6. The van der Waals surface area contributed by atoms with E-state index in [1.165, 1.54) is 0 Å². The summed E-state index contributed by atoms with van der Waals surface area (Å²) in [6.07, 6.45) is -4.55. The van der Waals surface area contributed by atoms with Gasteiger partial charge in [-0.3, -0.25) is 0 Å². The standard InChI is InChI=1S/C21H16F3N3O3S/c22-21(23,24)18-17(31-19(25)26-18)7-27-8-20(11-3-1-2-4-13(11)27)9-28-14-6-16-15(5-12(14)20)29-10-30-16/h1-6H,7-10H2,(H2,25,26). The number of thiazole rings is 1. The van der Waals surface area contributed by atoms with Gasteiger partial charge in [-0.15, -0.1) is 0 Å². The van der Waals surface area contributed by atoms with Gasteiger partial charge in [-0.1, -0.05) is 29.5 Å². The topological polar surface area (TPSA) is 69.8 Å². The molecule has 0 aliphatic carbocycles. The molecule has 4 heterocycles. The van der Waals surface area contributed by atoms with Gasteiger partial charge in [0.1, 0.15) is 12.4 Å². The van der Waals surface area contributed by atoms with Crippen LogP contribution in [-0.4, -0.2) is 24.9 Å². The molecule has 3 aromatic rings. The van der Waals surface area contributed by atoms with E-state index < -0.39 is 17.3 Å². The molecule has 0 amide bonds. The Balaban J connectivity index is 1.43. The second-order valence-electron chi connectivity index (χ2n) is 7.77. The molecule has 31 heavy (non-hydrogen) atoms. The summed E-state index contributed by atoms with van der Waals surface area (Å²) in [6, 6.07) is 11.5. The first-order valence-electron chi connectivity index (χ1n) is 9.59. The molecule has 1 atom stereocenters. The van der Waals surface area contributed by atoms with Crippen LogP contribution < -0.4 is 24.8 Å². The van der Waals surface area contributed by atoms with Crippen LogP contribution in [0.5, 0.6) is 17.2 Å². The first-order valence-corrected chi connectivity index (χ1v) is 10.4. The first-order chi connectivity index (χ1) is 14.8. The van der Waals surface area contributed by atoms with Gasteiger partial charge in [-0.25, -0.2) is 4.98 Å². The van der Waals surface area contributed by atoms with E-state index in [0.717, 1.165) is 28.2 Å². The molecule has 1 aromatic heterocycles. The van der Waals surface area contributed by atoms with Gasteiger partial charge < -0.3 is 24.8 Å². The van der Waals surface area contributed by atoms with Gasteiger partial charge in [0.2, 0.25) is 6.79 Å². The second kappa shape index (κ2) is 6.19. The highest BCUT2D eigenvalue weighted by molar-refractivity contribution is 7.15. The Labute approximate surface area is 179 Å². The van der Waals surface area contributed by atoms with Crippen molar-refractivity contribution >= 4 is 22.2 Å². The zero-order chi connectivity index (χ0) is 21.4. The maximum atomic E-state index is 13.5. The largest absolute Gasteiger partial charge is 0.492 e. The lowest BCUT2D eigenvalue weighted by Crippen LogP contribution is -2.36. The van der Waals surface area contributed by atoms with Gasteiger partial charge in [0, 0.05) is 23.9 Å². The average molecular weight is 447 g/mol. The molecule has 0 bridgehead atoms. The van der Waals surface area contributed by atoms with E-state index >= 15 is 0 Å². The fourth-order valence-corrected chi connectivity index (χ4v) is 5.58. The van der Waals surface area contributed by atoms with Crippen LogP contribution in [0.15, 0.2) is 36.4 Å². The molecule has 0 radical (unpaired) electrons. The number of hydrogen-bond acceptors (Lipinski definition) is 7. The number of rotatable bonds is 2. The third-order valence-corrected chi connectivity index (χ3v) is 6.87. The number of aromatic nitrogens is 1. The monoisotopic (exact) mass is 447 g/mol. The van der Waals surface area contributed by atoms with Crippen molar-refractivity contribution in [1.82, 2.24) is 4.98 Å².